The number of aromatic amines is 1. The molecule has 1 aromatic carbocycles. The summed E-state index contributed by atoms with van der Waals surface area (Å²) in [4.78, 5) is 24.3. The van der Waals surface area contributed by atoms with E-state index in [9.17, 15) is 22.8 Å². The molecule has 0 spiro atoms. The van der Waals surface area contributed by atoms with E-state index in [-0.39, 0.29) is 5.56 Å². The van der Waals surface area contributed by atoms with E-state index in [1.54, 1.807) is 0 Å². The molecule has 2 aromatic rings. The number of carbonyl (C=O) groups is 1. The second kappa shape index (κ2) is 4.60. The molecule has 0 amide bonds. The van der Waals surface area contributed by atoms with Gasteiger partial charge >= 0.3 is 5.97 Å². The largest absolute Gasteiger partial charge is 0.478 e. The third-order valence-electron chi connectivity index (χ3n) is 2.43. The molecule has 1 aromatic heterocycles. The first-order valence-corrected chi connectivity index (χ1v) is 5.01. The van der Waals surface area contributed by atoms with Crippen LogP contribution >= 0.6 is 0 Å². The molecule has 0 bridgehead atoms. The maximum atomic E-state index is 13.5. The van der Waals surface area contributed by atoms with Crippen molar-refractivity contribution in [2.45, 2.75) is 0 Å². The first-order valence-electron chi connectivity index (χ1n) is 5.01. The summed E-state index contributed by atoms with van der Waals surface area (Å²) < 4.78 is 39.8. The van der Waals surface area contributed by atoms with E-state index >= 15 is 0 Å². The molecule has 0 radical (unpaired) electrons. The second-order valence-corrected chi connectivity index (χ2v) is 3.68. The Bertz CT molecular complexity index is 701. The van der Waals surface area contributed by atoms with Crippen LogP contribution < -0.4 is 5.56 Å². The van der Waals surface area contributed by atoms with Gasteiger partial charge in [-0.3, -0.25) is 4.79 Å². The predicted octanol–water partition coefficient (Wildman–Crippen LogP) is 2.16. The van der Waals surface area contributed by atoms with Crippen molar-refractivity contribution in [1.29, 1.82) is 0 Å². The Labute approximate surface area is 104 Å². The van der Waals surface area contributed by atoms with Gasteiger partial charge in [-0.05, 0) is 6.07 Å². The van der Waals surface area contributed by atoms with Crippen LogP contribution in [0.1, 0.15) is 10.4 Å². The zero-order chi connectivity index (χ0) is 14.2. The summed E-state index contributed by atoms with van der Waals surface area (Å²) in [5, 5.41) is 8.76. The van der Waals surface area contributed by atoms with Crippen molar-refractivity contribution in [3.8, 4) is 11.1 Å². The molecule has 19 heavy (non-hydrogen) atoms. The molecule has 1 heterocycles. The van der Waals surface area contributed by atoms with Crippen LogP contribution in [0.4, 0.5) is 13.2 Å². The van der Waals surface area contributed by atoms with E-state index in [1.807, 2.05) is 0 Å². The number of benzene rings is 1. The topological polar surface area (TPSA) is 70.2 Å². The van der Waals surface area contributed by atoms with E-state index in [1.165, 1.54) is 0 Å². The molecular formula is C12H6F3NO3. The number of nitrogens with one attached hydrogen (secondary N) is 1. The minimum Gasteiger partial charge on any atom is -0.478 e. The molecule has 4 nitrogen and oxygen atoms in total. The van der Waals surface area contributed by atoms with Crippen molar-refractivity contribution in [2.24, 2.45) is 0 Å². The molecule has 0 fully saturated rings. The summed E-state index contributed by atoms with van der Waals surface area (Å²) in [5.41, 5.74) is -2.52. The number of aromatic carboxylic acids is 1. The van der Waals surface area contributed by atoms with Crippen molar-refractivity contribution < 1.29 is 23.1 Å². The molecule has 7 heteroatoms. The number of rotatable bonds is 2. The van der Waals surface area contributed by atoms with Crippen LogP contribution in [-0.2, 0) is 0 Å². The fourth-order valence-electron chi connectivity index (χ4n) is 1.59. The Balaban J connectivity index is 2.75. The summed E-state index contributed by atoms with van der Waals surface area (Å²) in [6.45, 7) is 0. The summed E-state index contributed by atoms with van der Waals surface area (Å²) in [6.07, 6.45) is 0.896. The zero-order valence-corrected chi connectivity index (χ0v) is 9.21. The zero-order valence-electron chi connectivity index (χ0n) is 9.21. The molecule has 2 N–H and O–H groups in total. The van der Waals surface area contributed by atoms with E-state index in [4.69, 9.17) is 5.11 Å². The molecular weight excluding hydrogens is 263 g/mol. The van der Waals surface area contributed by atoms with Crippen molar-refractivity contribution in [3.05, 3.63) is 57.8 Å². The first-order chi connectivity index (χ1) is 8.90. The first kappa shape index (κ1) is 12.9. The van der Waals surface area contributed by atoms with Crippen LogP contribution in [0, 0.1) is 17.5 Å². The lowest BCUT2D eigenvalue weighted by atomic mass is 10.0. The SMILES string of the molecule is O=C(O)c1c[nH]c(=O)c(-c2c(F)cc(F)cc2F)c1. The van der Waals surface area contributed by atoms with Gasteiger partial charge in [-0.1, -0.05) is 0 Å². The number of hydrogen-bond donors (Lipinski definition) is 2. The van der Waals surface area contributed by atoms with Crippen LogP contribution in [0.3, 0.4) is 0 Å². The molecule has 0 aliphatic rings. The monoisotopic (exact) mass is 269 g/mol. The highest BCUT2D eigenvalue weighted by atomic mass is 19.1. The molecule has 0 saturated carbocycles. The average Bonchev–Trinajstić information content (AvgIpc) is 2.29. The average molecular weight is 269 g/mol. The quantitative estimate of drug-likeness (QED) is 0.877. The number of pyridine rings is 1. The van der Waals surface area contributed by atoms with E-state index in [2.05, 4.69) is 4.98 Å². The van der Waals surface area contributed by atoms with E-state index in [0.717, 1.165) is 12.3 Å². The highest BCUT2D eigenvalue weighted by molar-refractivity contribution is 5.88. The minimum absolute atomic E-state index is 0.349. The van der Waals surface area contributed by atoms with Gasteiger partial charge in [0.1, 0.15) is 17.5 Å². The van der Waals surface area contributed by atoms with Crippen LogP contribution in [-0.4, -0.2) is 16.1 Å². The van der Waals surface area contributed by atoms with Crippen molar-refractivity contribution in [2.75, 3.05) is 0 Å². The Kier molecular flexibility index (Phi) is 3.12. The number of aromatic nitrogens is 1. The highest BCUT2D eigenvalue weighted by Crippen LogP contribution is 2.24. The van der Waals surface area contributed by atoms with Gasteiger partial charge < -0.3 is 10.1 Å². The molecule has 0 saturated heterocycles. The third-order valence-corrected chi connectivity index (χ3v) is 2.43. The van der Waals surface area contributed by atoms with E-state index < -0.39 is 40.1 Å². The Morgan fingerprint density at radius 3 is 2.21 bits per heavy atom. The lowest BCUT2D eigenvalue weighted by Gasteiger charge is -2.05. The van der Waals surface area contributed by atoms with Gasteiger partial charge in [0.25, 0.3) is 5.56 Å². The normalized spacial score (nSPS) is 10.5. The highest BCUT2D eigenvalue weighted by Gasteiger charge is 2.18. The van der Waals surface area contributed by atoms with Gasteiger partial charge in [0.2, 0.25) is 0 Å². The van der Waals surface area contributed by atoms with E-state index in [0.29, 0.717) is 12.1 Å². The molecule has 2 rings (SSSR count). The fraction of sp³-hybridized carbons (Fsp3) is 0. The number of carboxylic acid groups (broad SMARTS) is 1. The molecule has 0 atom stereocenters. The number of hydrogen-bond acceptors (Lipinski definition) is 2. The number of H-pyrrole nitrogens is 1. The van der Waals surface area contributed by atoms with Gasteiger partial charge in [0.05, 0.1) is 16.7 Å². The summed E-state index contributed by atoms with van der Waals surface area (Å²) in [7, 11) is 0. The maximum absolute atomic E-state index is 13.5. The maximum Gasteiger partial charge on any atom is 0.337 e. The predicted molar refractivity (Wildman–Crippen MR) is 59.3 cm³/mol. The smallest absolute Gasteiger partial charge is 0.337 e. The van der Waals surface area contributed by atoms with Crippen molar-refractivity contribution >= 4 is 5.97 Å². The van der Waals surface area contributed by atoms with Crippen molar-refractivity contribution in [3.63, 3.8) is 0 Å². The fourth-order valence-corrected chi connectivity index (χ4v) is 1.59. The van der Waals surface area contributed by atoms with Gasteiger partial charge in [0.15, 0.2) is 0 Å². The number of carboxylic acids is 1. The minimum atomic E-state index is -1.37. The lowest BCUT2D eigenvalue weighted by molar-refractivity contribution is 0.0696. The van der Waals surface area contributed by atoms with Gasteiger partial charge in [-0.25, -0.2) is 18.0 Å². The second-order valence-electron chi connectivity index (χ2n) is 3.68. The van der Waals surface area contributed by atoms with Crippen LogP contribution in [0.15, 0.2) is 29.2 Å². The Morgan fingerprint density at radius 1 is 1.11 bits per heavy atom. The van der Waals surface area contributed by atoms with Crippen molar-refractivity contribution in [1.82, 2.24) is 4.98 Å². The molecule has 0 aliphatic carbocycles. The Morgan fingerprint density at radius 2 is 1.68 bits per heavy atom. The Hall–Kier alpha value is -2.57. The summed E-state index contributed by atoms with van der Waals surface area (Å²) >= 11 is 0. The molecule has 0 aliphatic heterocycles. The molecule has 98 valence electrons. The summed E-state index contributed by atoms with van der Waals surface area (Å²) in [6, 6.07) is 1.64. The van der Waals surface area contributed by atoms with Crippen LogP contribution in [0.5, 0.6) is 0 Å². The lowest BCUT2D eigenvalue weighted by Crippen LogP contribution is -2.13. The van der Waals surface area contributed by atoms with Gasteiger partial charge in [-0.2, -0.15) is 0 Å². The van der Waals surface area contributed by atoms with Gasteiger partial charge in [-0.15, -0.1) is 0 Å². The van der Waals surface area contributed by atoms with Crippen LogP contribution in [0.2, 0.25) is 0 Å². The third kappa shape index (κ3) is 2.35. The summed E-state index contributed by atoms with van der Waals surface area (Å²) in [5.74, 6) is -5.08. The van der Waals surface area contributed by atoms with Gasteiger partial charge in [0, 0.05) is 18.3 Å². The molecule has 0 unspecified atom stereocenters. The van der Waals surface area contributed by atoms with Crippen LogP contribution in [0.25, 0.3) is 11.1 Å². The standard InChI is InChI=1S/C12H6F3NO3/c13-6-2-8(14)10(9(15)3-6)7-1-5(12(18)19)4-16-11(7)17/h1-4H,(H,16,17)(H,18,19). The number of halogens is 3.